The van der Waals surface area contributed by atoms with E-state index in [-0.39, 0.29) is 16.3 Å². The van der Waals surface area contributed by atoms with E-state index in [1.165, 1.54) is 0 Å². The lowest BCUT2D eigenvalue weighted by Gasteiger charge is -2.16. The Bertz CT molecular complexity index is 334. The number of nitrogens with two attached hydrogens (primary N) is 1. The van der Waals surface area contributed by atoms with Crippen LogP contribution in [0.1, 0.15) is 6.92 Å². The maximum Gasteiger partial charge on any atom is 0.174 e. The van der Waals surface area contributed by atoms with Crippen molar-refractivity contribution in [2.45, 2.75) is 19.1 Å². The smallest absolute Gasteiger partial charge is 0.174 e. The fourth-order valence-corrected chi connectivity index (χ4v) is 1.18. The highest BCUT2D eigenvalue weighted by molar-refractivity contribution is 6.33. The summed E-state index contributed by atoms with van der Waals surface area (Å²) < 4.78 is 0. The Morgan fingerprint density at radius 1 is 1.53 bits per heavy atom. The zero-order valence-electron chi connectivity index (χ0n) is 8.11. The van der Waals surface area contributed by atoms with Crippen LogP contribution in [0.2, 0.25) is 10.3 Å². The standard InChI is InChI=1S/C8H12Cl2N4O/c1-4(15)5(11)3-12-6-2-7(9)13-14-8(6)10/h2,4-5,15H,3,11H2,1H3,(H,12,13). The third-order valence-electron chi connectivity index (χ3n) is 1.87. The lowest BCUT2D eigenvalue weighted by molar-refractivity contribution is 0.168. The van der Waals surface area contributed by atoms with Crippen molar-refractivity contribution in [2.75, 3.05) is 11.9 Å². The lowest BCUT2D eigenvalue weighted by atomic mass is 10.2. The minimum absolute atomic E-state index is 0.220. The zero-order valence-corrected chi connectivity index (χ0v) is 9.63. The van der Waals surface area contributed by atoms with E-state index in [2.05, 4.69) is 15.5 Å². The highest BCUT2D eigenvalue weighted by Crippen LogP contribution is 2.20. The summed E-state index contributed by atoms with van der Waals surface area (Å²) in [5.41, 5.74) is 6.18. The van der Waals surface area contributed by atoms with Crippen LogP contribution in [0.3, 0.4) is 0 Å². The molecule has 2 unspecified atom stereocenters. The second-order valence-electron chi connectivity index (χ2n) is 3.16. The maximum absolute atomic E-state index is 9.17. The summed E-state index contributed by atoms with van der Waals surface area (Å²) in [6.07, 6.45) is -0.596. The van der Waals surface area contributed by atoms with Gasteiger partial charge in [-0.25, -0.2) is 0 Å². The molecule has 0 bridgehead atoms. The largest absolute Gasteiger partial charge is 0.392 e. The summed E-state index contributed by atoms with van der Waals surface area (Å²) in [6.45, 7) is 1.99. The second-order valence-corrected chi connectivity index (χ2v) is 3.90. The second kappa shape index (κ2) is 5.46. The summed E-state index contributed by atoms with van der Waals surface area (Å²) in [4.78, 5) is 0. The predicted octanol–water partition coefficient (Wildman–Crippen LogP) is 0.903. The van der Waals surface area contributed by atoms with Gasteiger partial charge in [0.1, 0.15) is 0 Å². The molecule has 1 rings (SSSR count). The molecular weight excluding hydrogens is 239 g/mol. The van der Waals surface area contributed by atoms with Crippen LogP contribution < -0.4 is 11.1 Å². The van der Waals surface area contributed by atoms with Crippen LogP contribution in [0.15, 0.2) is 6.07 Å². The van der Waals surface area contributed by atoms with Crippen LogP contribution in [0.4, 0.5) is 5.69 Å². The Morgan fingerprint density at radius 3 is 2.80 bits per heavy atom. The van der Waals surface area contributed by atoms with E-state index in [4.69, 9.17) is 28.9 Å². The molecule has 7 heteroatoms. The lowest BCUT2D eigenvalue weighted by Crippen LogP contribution is -2.38. The van der Waals surface area contributed by atoms with Gasteiger partial charge in [0.05, 0.1) is 11.8 Å². The molecule has 0 amide bonds. The van der Waals surface area contributed by atoms with Crippen LogP contribution >= 0.6 is 23.2 Å². The van der Waals surface area contributed by atoms with Crippen molar-refractivity contribution in [1.82, 2.24) is 10.2 Å². The van der Waals surface area contributed by atoms with Crippen molar-refractivity contribution >= 4 is 28.9 Å². The number of nitrogens with zero attached hydrogens (tertiary/aromatic N) is 2. The normalized spacial score (nSPS) is 14.7. The highest BCUT2D eigenvalue weighted by Gasteiger charge is 2.10. The molecule has 0 spiro atoms. The van der Waals surface area contributed by atoms with E-state index < -0.39 is 6.10 Å². The van der Waals surface area contributed by atoms with Crippen LogP contribution in [-0.2, 0) is 0 Å². The topological polar surface area (TPSA) is 84.1 Å². The average Bonchev–Trinajstić information content (AvgIpc) is 2.18. The van der Waals surface area contributed by atoms with Gasteiger partial charge in [-0.1, -0.05) is 23.2 Å². The van der Waals surface area contributed by atoms with Gasteiger partial charge in [-0.05, 0) is 6.92 Å². The molecule has 0 aliphatic carbocycles. The van der Waals surface area contributed by atoms with Gasteiger partial charge in [0.25, 0.3) is 0 Å². The molecule has 0 aliphatic heterocycles. The van der Waals surface area contributed by atoms with Crippen LogP contribution in [0.5, 0.6) is 0 Å². The summed E-state index contributed by atoms with van der Waals surface area (Å²) >= 11 is 11.4. The first-order chi connectivity index (χ1) is 7.00. The molecule has 0 aliphatic rings. The van der Waals surface area contributed by atoms with Gasteiger partial charge in [-0.3, -0.25) is 0 Å². The molecule has 0 fully saturated rings. The molecule has 1 heterocycles. The SMILES string of the molecule is CC(O)C(N)CNc1cc(Cl)nnc1Cl. The minimum Gasteiger partial charge on any atom is -0.392 e. The van der Waals surface area contributed by atoms with Crippen LogP contribution in [0, 0.1) is 0 Å². The number of rotatable bonds is 4. The first kappa shape index (κ1) is 12.4. The van der Waals surface area contributed by atoms with Crippen LogP contribution in [-0.4, -0.2) is 34.0 Å². The van der Waals surface area contributed by atoms with Gasteiger partial charge in [-0.15, -0.1) is 10.2 Å². The summed E-state index contributed by atoms with van der Waals surface area (Å²) in [5.74, 6) is 0. The summed E-state index contributed by atoms with van der Waals surface area (Å²) in [5, 5.41) is 19.7. The van der Waals surface area contributed by atoms with Gasteiger partial charge in [0, 0.05) is 18.7 Å². The maximum atomic E-state index is 9.17. The van der Waals surface area contributed by atoms with E-state index >= 15 is 0 Å². The Kier molecular flexibility index (Phi) is 4.53. The number of hydrogen-bond acceptors (Lipinski definition) is 5. The van der Waals surface area contributed by atoms with Gasteiger partial charge in [0.2, 0.25) is 0 Å². The Morgan fingerprint density at radius 2 is 2.20 bits per heavy atom. The molecule has 0 saturated carbocycles. The molecule has 1 aromatic rings. The number of halogens is 2. The third kappa shape index (κ3) is 3.79. The molecule has 15 heavy (non-hydrogen) atoms. The number of hydrogen-bond donors (Lipinski definition) is 3. The number of nitrogens with one attached hydrogen (secondary N) is 1. The number of anilines is 1. The molecular formula is C8H12Cl2N4O. The molecule has 0 aromatic carbocycles. The van der Waals surface area contributed by atoms with Crippen molar-refractivity contribution in [3.8, 4) is 0 Å². The third-order valence-corrected chi connectivity index (χ3v) is 2.33. The fraction of sp³-hybridized carbons (Fsp3) is 0.500. The van der Waals surface area contributed by atoms with E-state index in [9.17, 15) is 5.11 Å². The summed E-state index contributed by atoms with van der Waals surface area (Å²) in [7, 11) is 0. The average molecular weight is 251 g/mol. The van der Waals surface area contributed by atoms with E-state index in [1.807, 2.05) is 0 Å². The van der Waals surface area contributed by atoms with E-state index in [0.717, 1.165) is 0 Å². The first-order valence-corrected chi connectivity index (χ1v) is 5.12. The Hall–Kier alpha value is -0.620. The van der Waals surface area contributed by atoms with Gasteiger partial charge >= 0.3 is 0 Å². The molecule has 5 nitrogen and oxygen atoms in total. The van der Waals surface area contributed by atoms with Crippen molar-refractivity contribution in [2.24, 2.45) is 5.73 Å². The highest BCUT2D eigenvalue weighted by atomic mass is 35.5. The number of aliphatic hydroxyl groups is 1. The monoisotopic (exact) mass is 250 g/mol. The van der Waals surface area contributed by atoms with Crippen molar-refractivity contribution < 1.29 is 5.11 Å². The van der Waals surface area contributed by atoms with E-state index in [0.29, 0.717) is 12.2 Å². The summed E-state index contributed by atoms with van der Waals surface area (Å²) in [6, 6.07) is 1.17. The molecule has 84 valence electrons. The Balaban J connectivity index is 2.61. The van der Waals surface area contributed by atoms with Crippen molar-refractivity contribution in [3.63, 3.8) is 0 Å². The van der Waals surface area contributed by atoms with Gasteiger partial charge in [0.15, 0.2) is 10.3 Å². The molecule has 0 radical (unpaired) electrons. The van der Waals surface area contributed by atoms with Crippen molar-refractivity contribution in [3.05, 3.63) is 16.4 Å². The Labute approximate surface area is 97.6 Å². The zero-order chi connectivity index (χ0) is 11.4. The van der Waals surface area contributed by atoms with Gasteiger partial charge in [-0.2, -0.15) is 0 Å². The quantitative estimate of drug-likeness (QED) is 0.740. The molecule has 4 N–H and O–H groups in total. The van der Waals surface area contributed by atoms with Crippen molar-refractivity contribution in [1.29, 1.82) is 0 Å². The first-order valence-electron chi connectivity index (χ1n) is 4.37. The van der Waals surface area contributed by atoms with E-state index in [1.54, 1.807) is 13.0 Å². The molecule has 0 saturated heterocycles. The molecule has 2 atom stereocenters. The fourth-order valence-electron chi connectivity index (χ4n) is 0.875. The predicted molar refractivity (Wildman–Crippen MR) is 60.2 cm³/mol. The minimum atomic E-state index is -0.596. The molecule has 1 aromatic heterocycles. The van der Waals surface area contributed by atoms with Crippen LogP contribution in [0.25, 0.3) is 0 Å². The number of aromatic nitrogens is 2. The van der Waals surface area contributed by atoms with Gasteiger partial charge < -0.3 is 16.2 Å². The number of aliphatic hydroxyl groups excluding tert-OH is 1.